The molecule has 1 N–H and O–H groups in total. The summed E-state index contributed by atoms with van der Waals surface area (Å²) in [5.41, 5.74) is 1.55. The van der Waals surface area contributed by atoms with Gasteiger partial charge in [0.05, 0.1) is 0 Å². The average molecular weight is 309 g/mol. The predicted octanol–water partition coefficient (Wildman–Crippen LogP) is 4.42. The molecular weight excluding hydrogens is 276 g/mol. The SMILES string of the molecule is CCCC1CCN(Cc2cc(CNCC(C)C)sc2C)C1. The molecule has 1 saturated heterocycles. The Morgan fingerprint density at radius 1 is 1.43 bits per heavy atom. The van der Waals surface area contributed by atoms with Crippen LogP contribution in [-0.4, -0.2) is 24.5 Å². The largest absolute Gasteiger partial charge is 0.312 e. The number of likely N-dealkylation sites (tertiary alicyclic amines) is 1. The van der Waals surface area contributed by atoms with Crippen LogP contribution in [0.3, 0.4) is 0 Å². The summed E-state index contributed by atoms with van der Waals surface area (Å²) in [6.45, 7) is 15.0. The molecule has 1 aliphatic heterocycles. The quantitative estimate of drug-likeness (QED) is 0.764. The van der Waals surface area contributed by atoms with Crippen molar-refractivity contribution in [1.29, 1.82) is 0 Å². The monoisotopic (exact) mass is 308 g/mol. The molecule has 21 heavy (non-hydrogen) atoms. The molecule has 0 bridgehead atoms. The fourth-order valence-electron chi connectivity index (χ4n) is 3.26. The van der Waals surface area contributed by atoms with Gasteiger partial charge in [-0.2, -0.15) is 0 Å². The van der Waals surface area contributed by atoms with Crippen molar-refractivity contribution in [3.8, 4) is 0 Å². The number of nitrogens with one attached hydrogen (secondary N) is 1. The van der Waals surface area contributed by atoms with Crippen LogP contribution in [0, 0.1) is 18.8 Å². The van der Waals surface area contributed by atoms with Crippen molar-refractivity contribution in [3.05, 3.63) is 21.4 Å². The first-order valence-corrected chi connectivity index (χ1v) is 9.41. The highest BCUT2D eigenvalue weighted by atomic mass is 32.1. The number of thiophene rings is 1. The molecule has 0 radical (unpaired) electrons. The van der Waals surface area contributed by atoms with Gasteiger partial charge in [0, 0.05) is 29.4 Å². The zero-order chi connectivity index (χ0) is 15.2. The first-order chi connectivity index (χ1) is 10.1. The molecule has 0 amide bonds. The Morgan fingerprint density at radius 2 is 2.24 bits per heavy atom. The van der Waals surface area contributed by atoms with E-state index in [-0.39, 0.29) is 0 Å². The lowest BCUT2D eigenvalue weighted by Crippen LogP contribution is -2.20. The van der Waals surface area contributed by atoms with Gasteiger partial charge in [-0.1, -0.05) is 27.2 Å². The summed E-state index contributed by atoms with van der Waals surface area (Å²) in [5.74, 6) is 1.67. The van der Waals surface area contributed by atoms with Gasteiger partial charge in [-0.3, -0.25) is 4.90 Å². The maximum Gasteiger partial charge on any atom is 0.0300 e. The zero-order valence-corrected chi connectivity index (χ0v) is 15.1. The van der Waals surface area contributed by atoms with E-state index in [0.717, 1.165) is 31.5 Å². The lowest BCUT2D eigenvalue weighted by Gasteiger charge is -2.15. The van der Waals surface area contributed by atoms with Crippen LogP contribution < -0.4 is 5.32 Å². The van der Waals surface area contributed by atoms with Crippen LogP contribution in [0.2, 0.25) is 0 Å². The van der Waals surface area contributed by atoms with E-state index in [1.165, 1.54) is 42.1 Å². The van der Waals surface area contributed by atoms with Gasteiger partial charge in [-0.05, 0) is 56.3 Å². The highest BCUT2D eigenvalue weighted by Crippen LogP contribution is 2.27. The van der Waals surface area contributed by atoms with E-state index in [2.05, 4.69) is 44.0 Å². The first kappa shape index (κ1) is 17.0. The van der Waals surface area contributed by atoms with Gasteiger partial charge in [-0.15, -0.1) is 11.3 Å². The van der Waals surface area contributed by atoms with Crippen LogP contribution in [0.4, 0.5) is 0 Å². The van der Waals surface area contributed by atoms with Crippen LogP contribution in [0.1, 0.15) is 55.4 Å². The van der Waals surface area contributed by atoms with Crippen LogP contribution in [-0.2, 0) is 13.1 Å². The molecule has 1 aromatic heterocycles. The fraction of sp³-hybridized carbons (Fsp3) is 0.778. The minimum absolute atomic E-state index is 0.727. The van der Waals surface area contributed by atoms with Crippen molar-refractivity contribution in [2.75, 3.05) is 19.6 Å². The molecule has 1 atom stereocenters. The molecule has 1 fully saturated rings. The Balaban J connectivity index is 1.82. The lowest BCUT2D eigenvalue weighted by atomic mass is 10.0. The first-order valence-electron chi connectivity index (χ1n) is 8.59. The summed E-state index contributed by atoms with van der Waals surface area (Å²) in [4.78, 5) is 5.66. The lowest BCUT2D eigenvalue weighted by molar-refractivity contribution is 0.313. The van der Waals surface area contributed by atoms with Crippen molar-refractivity contribution < 1.29 is 0 Å². The smallest absolute Gasteiger partial charge is 0.0300 e. The van der Waals surface area contributed by atoms with E-state index in [9.17, 15) is 0 Å². The van der Waals surface area contributed by atoms with Gasteiger partial charge in [0.1, 0.15) is 0 Å². The van der Waals surface area contributed by atoms with E-state index in [1.54, 1.807) is 5.56 Å². The summed E-state index contributed by atoms with van der Waals surface area (Å²) in [5, 5.41) is 3.56. The summed E-state index contributed by atoms with van der Waals surface area (Å²) in [7, 11) is 0. The summed E-state index contributed by atoms with van der Waals surface area (Å²) in [6, 6.07) is 2.43. The molecule has 3 heteroatoms. The molecule has 1 aromatic rings. The van der Waals surface area contributed by atoms with Crippen LogP contribution in [0.15, 0.2) is 6.07 Å². The van der Waals surface area contributed by atoms with Crippen LogP contribution in [0.5, 0.6) is 0 Å². The Bertz CT molecular complexity index is 425. The zero-order valence-electron chi connectivity index (χ0n) is 14.2. The van der Waals surface area contributed by atoms with E-state index in [0.29, 0.717) is 0 Å². The second kappa shape index (κ2) is 8.30. The second-order valence-corrected chi connectivity index (χ2v) is 8.34. The van der Waals surface area contributed by atoms with Gasteiger partial charge >= 0.3 is 0 Å². The van der Waals surface area contributed by atoms with Gasteiger partial charge < -0.3 is 5.32 Å². The van der Waals surface area contributed by atoms with Crippen molar-refractivity contribution in [2.45, 2.75) is 60.0 Å². The summed E-state index contributed by atoms with van der Waals surface area (Å²) < 4.78 is 0. The number of hydrogen-bond donors (Lipinski definition) is 1. The number of nitrogens with zero attached hydrogens (tertiary/aromatic N) is 1. The highest BCUT2D eigenvalue weighted by molar-refractivity contribution is 7.12. The molecule has 120 valence electrons. The van der Waals surface area contributed by atoms with E-state index in [1.807, 2.05) is 11.3 Å². The third-order valence-corrected chi connectivity index (χ3v) is 5.48. The molecule has 2 rings (SSSR count). The van der Waals surface area contributed by atoms with Gasteiger partial charge in [0.15, 0.2) is 0 Å². The van der Waals surface area contributed by atoms with Crippen LogP contribution in [0.25, 0.3) is 0 Å². The standard InChI is InChI=1S/C18H32N2S/c1-5-6-16-7-8-20(12-16)13-17-9-18(21-15(17)4)11-19-10-14(2)3/h9,14,16,19H,5-8,10-13H2,1-4H3. The topological polar surface area (TPSA) is 15.3 Å². The number of rotatable bonds is 8. The number of aryl methyl sites for hydroxylation is 1. The Kier molecular flexibility index (Phi) is 6.72. The molecule has 2 heterocycles. The average Bonchev–Trinajstić information content (AvgIpc) is 2.98. The Morgan fingerprint density at radius 3 is 2.95 bits per heavy atom. The fourth-order valence-corrected chi connectivity index (χ4v) is 4.28. The van der Waals surface area contributed by atoms with E-state index in [4.69, 9.17) is 0 Å². The highest BCUT2D eigenvalue weighted by Gasteiger charge is 2.22. The predicted molar refractivity (Wildman–Crippen MR) is 93.9 cm³/mol. The normalized spacial score (nSPS) is 19.8. The third-order valence-electron chi connectivity index (χ3n) is 4.38. The second-order valence-electron chi connectivity index (χ2n) is 7.00. The summed E-state index contributed by atoms with van der Waals surface area (Å²) >= 11 is 1.97. The molecule has 0 saturated carbocycles. The summed E-state index contributed by atoms with van der Waals surface area (Å²) in [6.07, 6.45) is 4.14. The Labute approximate surface area is 134 Å². The minimum Gasteiger partial charge on any atom is -0.312 e. The van der Waals surface area contributed by atoms with Gasteiger partial charge in [0.25, 0.3) is 0 Å². The van der Waals surface area contributed by atoms with Crippen molar-refractivity contribution in [3.63, 3.8) is 0 Å². The molecule has 0 aromatic carbocycles. The maximum atomic E-state index is 3.56. The Hall–Kier alpha value is -0.380. The molecule has 2 nitrogen and oxygen atoms in total. The van der Waals surface area contributed by atoms with Crippen LogP contribution >= 0.6 is 11.3 Å². The minimum atomic E-state index is 0.727. The molecule has 0 spiro atoms. The number of hydrogen-bond acceptors (Lipinski definition) is 3. The van der Waals surface area contributed by atoms with E-state index >= 15 is 0 Å². The molecular formula is C18H32N2S. The van der Waals surface area contributed by atoms with Crippen molar-refractivity contribution >= 4 is 11.3 Å². The maximum absolute atomic E-state index is 3.56. The molecule has 1 aliphatic rings. The van der Waals surface area contributed by atoms with Gasteiger partial charge in [0.2, 0.25) is 0 Å². The van der Waals surface area contributed by atoms with Gasteiger partial charge in [-0.25, -0.2) is 0 Å². The third kappa shape index (κ3) is 5.39. The van der Waals surface area contributed by atoms with Crippen molar-refractivity contribution in [2.24, 2.45) is 11.8 Å². The van der Waals surface area contributed by atoms with E-state index < -0.39 is 0 Å². The molecule has 0 aliphatic carbocycles. The molecule has 1 unspecified atom stereocenters. The van der Waals surface area contributed by atoms with Crippen molar-refractivity contribution in [1.82, 2.24) is 10.2 Å².